The number of aryl methyl sites for hydroxylation is 1. The van der Waals surface area contributed by atoms with Crippen LogP contribution in [0.4, 0.5) is 5.82 Å². The second-order valence-corrected chi connectivity index (χ2v) is 4.93. The molecule has 0 saturated carbocycles. The molecule has 17 heavy (non-hydrogen) atoms. The standard InChI is InChI=1S/C12H15BrN4/c1-3-4-11-12(14)15-16-17(11)10-6-5-9(13)7-8(10)2/h5-7H,3-4,14H2,1-2H3. The minimum Gasteiger partial charge on any atom is -0.381 e. The smallest absolute Gasteiger partial charge is 0.169 e. The summed E-state index contributed by atoms with van der Waals surface area (Å²) in [6.07, 6.45) is 1.90. The number of anilines is 1. The van der Waals surface area contributed by atoms with Crippen LogP contribution in [0.15, 0.2) is 22.7 Å². The minimum absolute atomic E-state index is 0.522. The molecule has 0 atom stereocenters. The molecule has 0 fully saturated rings. The van der Waals surface area contributed by atoms with Crippen LogP contribution < -0.4 is 5.73 Å². The number of benzene rings is 1. The van der Waals surface area contributed by atoms with Gasteiger partial charge in [-0.3, -0.25) is 0 Å². The highest BCUT2D eigenvalue weighted by Gasteiger charge is 2.12. The first-order valence-corrected chi connectivity index (χ1v) is 6.39. The van der Waals surface area contributed by atoms with E-state index in [0.29, 0.717) is 5.82 Å². The maximum absolute atomic E-state index is 5.84. The first-order valence-electron chi connectivity index (χ1n) is 5.60. The molecule has 2 rings (SSSR count). The molecule has 2 N–H and O–H groups in total. The molecule has 4 nitrogen and oxygen atoms in total. The highest BCUT2D eigenvalue weighted by atomic mass is 79.9. The second kappa shape index (κ2) is 4.87. The van der Waals surface area contributed by atoms with Crippen LogP contribution in [-0.2, 0) is 6.42 Å². The fraction of sp³-hybridized carbons (Fsp3) is 0.333. The van der Waals surface area contributed by atoms with E-state index in [4.69, 9.17) is 5.73 Å². The van der Waals surface area contributed by atoms with Crippen LogP contribution in [0.1, 0.15) is 24.6 Å². The molecule has 0 aliphatic rings. The lowest BCUT2D eigenvalue weighted by molar-refractivity contribution is 0.742. The van der Waals surface area contributed by atoms with Crippen molar-refractivity contribution in [3.63, 3.8) is 0 Å². The van der Waals surface area contributed by atoms with E-state index < -0.39 is 0 Å². The molecule has 1 aromatic heterocycles. The van der Waals surface area contributed by atoms with E-state index in [2.05, 4.69) is 39.2 Å². The van der Waals surface area contributed by atoms with Crippen molar-refractivity contribution in [3.05, 3.63) is 33.9 Å². The maximum atomic E-state index is 5.84. The van der Waals surface area contributed by atoms with E-state index >= 15 is 0 Å². The van der Waals surface area contributed by atoms with Crippen LogP contribution in [-0.4, -0.2) is 15.0 Å². The van der Waals surface area contributed by atoms with Crippen molar-refractivity contribution in [2.75, 3.05) is 5.73 Å². The summed E-state index contributed by atoms with van der Waals surface area (Å²) in [6, 6.07) is 6.07. The van der Waals surface area contributed by atoms with Crippen molar-refractivity contribution in [3.8, 4) is 5.69 Å². The van der Waals surface area contributed by atoms with Gasteiger partial charge in [-0.2, -0.15) is 0 Å². The summed E-state index contributed by atoms with van der Waals surface area (Å²) >= 11 is 3.45. The summed E-state index contributed by atoms with van der Waals surface area (Å²) in [6.45, 7) is 4.17. The molecule has 0 radical (unpaired) electrons. The van der Waals surface area contributed by atoms with Gasteiger partial charge in [0.2, 0.25) is 0 Å². The average Bonchev–Trinajstić information content (AvgIpc) is 2.62. The number of nitrogens with two attached hydrogens (primary N) is 1. The summed E-state index contributed by atoms with van der Waals surface area (Å²) in [5.41, 5.74) is 8.99. The Labute approximate surface area is 109 Å². The molecule has 0 spiro atoms. The number of hydrogen-bond donors (Lipinski definition) is 1. The topological polar surface area (TPSA) is 56.7 Å². The van der Waals surface area contributed by atoms with E-state index in [1.165, 1.54) is 0 Å². The van der Waals surface area contributed by atoms with Crippen LogP contribution in [0.3, 0.4) is 0 Å². The third-order valence-electron chi connectivity index (χ3n) is 2.67. The van der Waals surface area contributed by atoms with E-state index in [1.54, 1.807) is 0 Å². The Kier molecular flexibility index (Phi) is 3.47. The van der Waals surface area contributed by atoms with Gasteiger partial charge in [0.1, 0.15) is 0 Å². The van der Waals surface area contributed by atoms with Crippen LogP contribution in [0.2, 0.25) is 0 Å². The Bertz CT molecular complexity index is 533. The number of halogens is 1. The number of aromatic nitrogens is 3. The predicted octanol–water partition coefficient (Wildman–Crippen LogP) is 2.87. The van der Waals surface area contributed by atoms with Gasteiger partial charge in [0, 0.05) is 4.47 Å². The molecule has 0 aliphatic carbocycles. The van der Waals surface area contributed by atoms with Crippen molar-refractivity contribution in [1.82, 2.24) is 15.0 Å². The zero-order chi connectivity index (χ0) is 12.4. The summed E-state index contributed by atoms with van der Waals surface area (Å²) < 4.78 is 2.89. The number of nitrogen functional groups attached to an aromatic ring is 1. The lowest BCUT2D eigenvalue weighted by Crippen LogP contribution is -2.05. The predicted molar refractivity (Wildman–Crippen MR) is 72.2 cm³/mol. The molecule has 1 aromatic carbocycles. The summed E-state index contributed by atoms with van der Waals surface area (Å²) in [4.78, 5) is 0. The number of rotatable bonds is 3. The monoisotopic (exact) mass is 294 g/mol. The summed E-state index contributed by atoms with van der Waals surface area (Å²) in [5.74, 6) is 0.522. The van der Waals surface area contributed by atoms with Crippen LogP contribution in [0.25, 0.3) is 5.69 Å². The number of hydrogen-bond acceptors (Lipinski definition) is 3. The lowest BCUT2D eigenvalue weighted by Gasteiger charge is -2.09. The van der Waals surface area contributed by atoms with Gasteiger partial charge in [0.15, 0.2) is 5.82 Å². The van der Waals surface area contributed by atoms with Gasteiger partial charge in [-0.25, -0.2) is 4.68 Å². The molecule has 0 unspecified atom stereocenters. The van der Waals surface area contributed by atoms with E-state index in [0.717, 1.165) is 34.3 Å². The average molecular weight is 295 g/mol. The lowest BCUT2D eigenvalue weighted by atomic mass is 10.2. The highest BCUT2D eigenvalue weighted by molar-refractivity contribution is 9.10. The van der Waals surface area contributed by atoms with Crippen molar-refractivity contribution < 1.29 is 0 Å². The molecular weight excluding hydrogens is 280 g/mol. The first kappa shape index (κ1) is 12.1. The second-order valence-electron chi connectivity index (χ2n) is 4.01. The molecule has 0 saturated heterocycles. The molecule has 0 bridgehead atoms. The van der Waals surface area contributed by atoms with Crippen molar-refractivity contribution in [2.45, 2.75) is 26.7 Å². The first-order chi connectivity index (χ1) is 8.13. The van der Waals surface area contributed by atoms with Crippen molar-refractivity contribution in [1.29, 1.82) is 0 Å². The Balaban J connectivity index is 2.52. The maximum Gasteiger partial charge on any atom is 0.169 e. The Morgan fingerprint density at radius 2 is 2.18 bits per heavy atom. The van der Waals surface area contributed by atoms with Crippen LogP contribution >= 0.6 is 15.9 Å². The molecule has 2 aromatic rings. The normalized spacial score (nSPS) is 10.8. The zero-order valence-electron chi connectivity index (χ0n) is 9.94. The van der Waals surface area contributed by atoms with E-state index in [9.17, 15) is 0 Å². The molecule has 1 heterocycles. The Morgan fingerprint density at radius 3 is 2.82 bits per heavy atom. The van der Waals surface area contributed by atoms with Gasteiger partial charge < -0.3 is 5.73 Å². The third kappa shape index (κ3) is 2.34. The largest absolute Gasteiger partial charge is 0.381 e. The highest BCUT2D eigenvalue weighted by Crippen LogP contribution is 2.22. The van der Waals surface area contributed by atoms with Crippen LogP contribution in [0.5, 0.6) is 0 Å². The Morgan fingerprint density at radius 1 is 1.41 bits per heavy atom. The molecule has 0 aliphatic heterocycles. The van der Waals surface area contributed by atoms with Crippen molar-refractivity contribution in [2.24, 2.45) is 0 Å². The fourth-order valence-corrected chi connectivity index (χ4v) is 2.31. The zero-order valence-corrected chi connectivity index (χ0v) is 11.5. The molecular formula is C12H15BrN4. The third-order valence-corrected chi connectivity index (χ3v) is 3.16. The van der Waals surface area contributed by atoms with E-state index in [1.807, 2.05) is 23.7 Å². The van der Waals surface area contributed by atoms with E-state index in [-0.39, 0.29) is 0 Å². The number of nitrogens with zero attached hydrogens (tertiary/aromatic N) is 3. The SMILES string of the molecule is CCCc1c(N)nnn1-c1ccc(Br)cc1C. The summed E-state index contributed by atoms with van der Waals surface area (Å²) in [7, 11) is 0. The molecule has 5 heteroatoms. The quantitative estimate of drug-likeness (QED) is 0.947. The van der Waals surface area contributed by atoms with Crippen molar-refractivity contribution >= 4 is 21.7 Å². The van der Waals surface area contributed by atoms with Gasteiger partial charge in [-0.05, 0) is 37.1 Å². The van der Waals surface area contributed by atoms with Gasteiger partial charge in [-0.15, -0.1) is 5.10 Å². The molecule has 0 amide bonds. The van der Waals surface area contributed by atoms with Gasteiger partial charge in [-0.1, -0.05) is 34.5 Å². The van der Waals surface area contributed by atoms with Gasteiger partial charge in [0.25, 0.3) is 0 Å². The fourth-order valence-electron chi connectivity index (χ4n) is 1.83. The van der Waals surface area contributed by atoms with Gasteiger partial charge in [0.05, 0.1) is 11.4 Å². The van der Waals surface area contributed by atoms with Crippen LogP contribution in [0, 0.1) is 6.92 Å². The summed E-state index contributed by atoms with van der Waals surface area (Å²) in [5, 5.41) is 8.08. The minimum atomic E-state index is 0.522. The Hall–Kier alpha value is -1.36. The molecule has 90 valence electrons. The van der Waals surface area contributed by atoms with Gasteiger partial charge >= 0.3 is 0 Å².